The summed E-state index contributed by atoms with van der Waals surface area (Å²) < 4.78 is 43.2. The third-order valence-corrected chi connectivity index (χ3v) is 7.05. The zero-order valence-corrected chi connectivity index (χ0v) is 22.1. The molecule has 1 atom stereocenters. The number of nitrogens with one attached hydrogen (secondary N) is 1. The van der Waals surface area contributed by atoms with Gasteiger partial charge in [0.15, 0.2) is 17.3 Å². The van der Waals surface area contributed by atoms with E-state index in [1.807, 2.05) is 25.1 Å². The van der Waals surface area contributed by atoms with E-state index >= 15 is 0 Å². The zero-order valence-electron chi connectivity index (χ0n) is 21.3. The van der Waals surface area contributed by atoms with E-state index in [1.165, 1.54) is 0 Å². The Bertz CT molecular complexity index is 1140. The van der Waals surface area contributed by atoms with E-state index in [2.05, 4.69) is 19.5 Å². The summed E-state index contributed by atoms with van der Waals surface area (Å²) in [6.45, 7) is 10.4. The van der Waals surface area contributed by atoms with Gasteiger partial charge in [0.25, 0.3) is 0 Å². The third-order valence-electron chi connectivity index (χ3n) is 5.83. The Morgan fingerprint density at radius 2 is 1.74 bits per heavy atom. The number of anilines is 1. The summed E-state index contributed by atoms with van der Waals surface area (Å²) >= 11 is 0. The van der Waals surface area contributed by atoms with Crippen LogP contribution in [0.25, 0.3) is 10.9 Å². The molecule has 1 aromatic heterocycles. The summed E-state index contributed by atoms with van der Waals surface area (Å²) in [6.07, 6.45) is 1.79. The second-order valence-corrected chi connectivity index (χ2v) is 11.4. The van der Waals surface area contributed by atoms with Crippen molar-refractivity contribution >= 4 is 32.6 Å². The molecule has 194 valence electrons. The summed E-state index contributed by atoms with van der Waals surface area (Å²) in [4.78, 5) is 20.9. The van der Waals surface area contributed by atoms with Gasteiger partial charge >= 0.3 is 5.97 Å². The minimum atomic E-state index is -3.77. The van der Waals surface area contributed by atoms with Crippen LogP contribution in [0.5, 0.6) is 11.5 Å². The lowest BCUT2D eigenvalue weighted by Gasteiger charge is -2.39. The maximum atomic E-state index is 12.3. The first kappa shape index (κ1) is 27.0. The molecule has 0 aliphatic carbocycles. The number of nitrogens with zero attached hydrogens (tertiary/aromatic N) is 3. The van der Waals surface area contributed by atoms with Crippen LogP contribution in [-0.4, -0.2) is 88.6 Å². The van der Waals surface area contributed by atoms with Crippen LogP contribution in [-0.2, 0) is 19.6 Å². The number of carbonyl (C=O) groups excluding carboxylic acids is 1. The van der Waals surface area contributed by atoms with Crippen molar-refractivity contribution in [2.24, 2.45) is 0 Å². The van der Waals surface area contributed by atoms with E-state index in [4.69, 9.17) is 14.2 Å². The number of sulfonamides is 1. The zero-order chi connectivity index (χ0) is 25.8. The topological polar surface area (TPSA) is 110 Å². The lowest BCUT2D eigenvalue weighted by atomic mass is 10.1. The van der Waals surface area contributed by atoms with Crippen molar-refractivity contribution in [3.63, 3.8) is 0 Å². The van der Waals surface area contributed by atoms with Gasteiger partial charge in [-0.1, -0.05) is 0 Å². The van der Waals surface area contributed by atoms with E-state index < -0.39 is 27.3 Å². The number of hydrogen-bond donors (Lipinski definition) is 1. The highest BCUT2D eigenvalue weighted by Crippen LogP contribution is 2.36. The highest BCUT2D eigenvalue weighted by Gasteiger charge is 2.26. The molecular formula is C24H36N4O6S. The fourth-order valence-electron chi connectivity index (χ4n) is 4.09. The summed E-state index contributed by atoms with van der Waals surface area (Å²) in [5, 5.41) is 0.988. The van der Waals surface area contributed by atoms with Crippen molar-refractivity contribution in [1.82, 2.24) is 14.6 Å². The maximum absolute atomic E-state index is 12.3. The van der Waals surface area contributed by atoms with Gasteiger partial charge in [-0.3, -0.25) is 14.7 Å². The lowest BCUT2D eigenvalue weighted by molar-refractivity contribution is -0.151. The molecule has 1 saturated heterocycles. The fourth-order valence-corrected chi connectivity index (χ4v) is 5.06. The highest BCUT2D eigenvalue weighted by atomic mass is 32.2. The standard InChI is InChI=1S/C24H36N4O6S/c1-17(15-26-35(30,31)16-23(29)34-24(2,3)4)27-9-11-28(12-10-27)20-7-8-25-19-14-22(33-6)21(32-5)13-18(19)20/h7-8,13-14,17,26H,9-12,15-16H2,1-6H3. The molecule has 3 rings (SSSR count). The smallest absolute Gasteiger partial charge is 0.323 e. The van der Waals surface area contributed by atoms with Gasteiger partial charge in [-0.25, -0.2) is 13.1 Å². The molecule has 1 unspecified atom stereocenters. The number of pyridine rings is 1. The Kier molecular flexibility index (Phi) is 8.45. The number of fused-ring (bicyclic) bond motifs is 1. The second kappa shape index (κ2) is 11.0. The van der Waals surface area contributed by atoms with Crippen LogP contribution in [0.4, 0.5) is 5.69 Å². The van der Waals surface area contributed by atoms with Crippen LogP contribution in [0.2, 0.25) is 0 Å². The molecule has 1 fully saturated rings. The predicted octanol–water partition coefficient (Wildman–Crippen LogP) is 2.02. The minimum absolute atomic E-state index is 0.0240. The molecule has 1 aliphatic rings. The van der Waals surface area contributed by atoms with E-state index in [0.717, 1.165) is 42.8 Å². The molecule has 0 spiro atoms. The molecule has 1 N–H and O–H groups in total. The average molecular weight is 509 g/mol. The van der Waals surface area contributed by atoms with Crippen molar-refractivity contribution in [2.75, 3.05) is 57.6 Å². The highest BCUT2D eigenvalue weighted by molar-refractivity contribution is 7.90. The first-order valence-electron chi connectivity index (χ1n) is 11.6. The molecule has 0 amide bonds. The largest absolute Gasteiger partial charge is 0.493 e. The molecule has 0 bridgehead atoms. The SMILES string of the molecule is COc1cc2nccc(N3CCN(C(C)CNS(=O)(=O)CC(=O)OC(C)(C)C)CC3)c2cc1OC. The van der Waals surface area contributed by atoms with Crippen molar-refractivity contribution in [3.8, 4) is 11.5 Å². The first-order chi connectivity index (χ1) is 16.4. The lowest BCUT2D eigenvalue weighted by Crippen LogP contribution is -2.52. The molecule has 2 aromatic rings. The monoisotopic (exact) mass is 508 g/mol. The molecule has 10 nitrogen and oxygen atoms in total. The van der Waals surface area contributed by atoms with E-state index in [1.54, 1.807) is 41.2 Å². The average Bonchev–Trinajstić information content (AvgIpc) is 2.79. The number of benzene rings is 1. The number of hydrogen-bond acceptors (Lipinski definition) is 9. The van der Waals surface area contributed by atoms with Gasteiger partial charge in [-0.15, -0.1) is 0 Å². The number of methoxy groups -OCH3 is 2. The number of rotatable bonds is 9. The van der Waals surface area contributed by atoms with Gasteiger partial charge in [-0.2, -0.15) is 0 Å². The predicted molar refractivity (Wildman–Crippen MR) is 136 cm³/mol. The van der Waals surface area contributed by atoms with Crippen LogP contribution < -0.4 is 19.1 Å². The number of carbonyl (C=O) groups is 1. The van der Waals surface area contributed by atoms with Crippen molar-refractivity contribution in [3.05, 3.63) is 24.4 Å². The number of aromatic nitrogens is 1. The molecule has 35 heavy (non-hydrogen) atoms. The number of esters is 1. The molecule has 1 aromatic carbocycles. The normalized spacial score (nSPS) is 16.2. The van der Waals surface area contributed by atoms with E-state index in [9.17, 15) is 13.2 Å². The maximum Gasteiger partial charge on any atom is 0.323 e. The Hall–Kier alpha value is -2.63. The summed E-state index contributed by atoms with van der Waals surface area (Å²) in [5.41, 5.74) is 1.17. The minimum Gasteiger partial charge on any atom is -0.493 e. The van der Waals surface area contributed by atoms with E-state index in [-0.39, 0.29) is 12.6 Å². The van der Waals surface area contributed by atoms with Crippen LogP contribution in [0.15, 0.2) is 24.4 Å². The summed E-state index contributed by atoms with van der Waals surface area (Å²) in [6, 6.07) is 5.80. The third kappa shape index (κ3) is 7.18. The van der Waals surface area contributed by atoms with Gasteiger partial charge in [0, 0.05) is 62.1 Å². The van der Waals surface area contributed by atoms with Crippen LogP contribution in [0.1, 0.15) is 27.7 Å². The Balaban J connectivity index is 1.59. The van der Waals surface area contributed by atoms with E-state index in [0.29, 0.717) is 11.5 Å². The van der Waals surface area contributed by atoms with Crippen molar-refractivity contribution in [2.45, 2.75) is 39.3 Å². The molecule has 1 aliphatic heterocycles. The molecule has 2 heterocycles. The fraction of sp³-hybridized carbons (Fsp3) is 0.583. The van der Waals surface area contributed by atoms with Crippen molar-refractivity contribution in [1.29, 1.82) is 0 Å². The second-order valence-electron chi connectivity index (χ2n) is 9.62. The van der Waals surface area contributed by atoms with Crippen LogP contribution in [0.3, 0.4) is 0 Å². The van der Waals surface area contributed by atoms with Gasteiger partial charge in [0.2, 0.25) is 10.0 Å². The Morgan fingerprint density at radius 1 is 1.11 bits per heavy atom. The number of piperazine rings is 1. The van der Waals surface area contributed by atoms with Crippen molar-refractivity contribution < 1.29 is 27.4 Å². The van der Waals surface area contributed by atoms with Gasteiger partial charge < -0.3 is 19.1 Å². The van der Waals surface area contributed by atoms with Gasteiger partial charge in [-0.05, 0) is 39.8 Å². The van der Waals surface area contributed by atoms with Crippen LogP contribution >= 0.6 is 0 Å². The molecule has 11 heteroatoms. The summed E-state index contributed by atoms with van der Waals surface area (Å²) in [7, 11) is -0.553. The molecule has 0 saturated carbocycles. The van der Waals surface area contributed by atoms with Gasteiger partial charge in [0.05, 0.1) is 19.7 Å². The summed E-state index contributed by atoms with van der Waals surface area (Å²) in [5.74, 6) is -0.156. The Morgan fingerprint density at radius 3 is 2.34 bits per heavy atom. The van der Waals surface area contributed by atoms with Gasteiger partial charge in [0.1, 0.15) is 5.60 Å². The molecular weight excluding hydrogens is 472 g/mol. The first-order valence-corrected chi connectivity index (χ1v) is 13.3. The Labute approximate surface area is 207 Å². The molecule has 0 radical (unpaired) electrons. The quantitative estimate of drug-likeness (QED) is 0.509. The number of ether oxygens (including phenoxy) is 3. The van der Waals surface area contributed by atoms with Crippen LogP contribution in [0, 0.1) is 0 Å².